The van der Waals surface area contributed by atoms with Crippen molar-refractivity contribution in [2.75, 3.05) is 6.26 Å². The molecule has 0 radical (unpaired) electrons. The van der Waals surface area contributed by atoms with E-state index in [1.165, 1.54) is 11.3 Å². The Morgan fingerprint density at radius 3 is 2.61 bits per heavy atom. The lowest BCUT2D eigenvalue weighted by Crippen LogP contribution is -2.59. The molecule has 41 heavy (non-hydrogen) atoms. The molecular formula is C28H30Cl2N4O5S2. The number of nitrogens with one attached hydrogen (secondary N) is 2. The number of aryl methyl sites for hydroxylation is 1. The number of carbonyl (C=O) groups is 2. The van der Waals surface area contributed by atoms with Crippen LogP contribution in [-0.2, 0) is 26.3 Å². The fourth-order valence-electron chi connectivity index (χ4n) is 5.84. The predicted octanol–water partition coefficient (Wildman–Crippen LogP) is 5.15. The Kier molecular flexibility index (Phi) is 9.03. The maximum Gasteiger partial charge on any atom is 0.255 e. The average Bonchev–Trinajstić information content (AvgIpc) is 3.33. The first kappa shape index (κ1) is 29.9. The first-order valence-electron chi connectivity index (χ1n) is 13.2. The molecule has 0 unspecified atom stereocenters. The van der Waals surface area contributed by atoms with E-state index in [2.05, 4.69) is 15.2 Å². The number of nitrogens with zero attached hydrogens (tertiary/aromatic N) is 2. The number of thiazole rings is 1. The molecule has 2 aromatic carbocycles. The van der Waals surface area contributed by atoms with Crippen LogP contribution in [0.25, 0.3) is 0 Å². The number of carbonyl (C=O) groups excluding carboxylic acids is 2. The fraction of sp³-hybridized carbons (Fsp3) is 0.393. The standard InChI is InChI=1S/C28H30Cl2N4O5S2/c1-16-31-14-18(40-16)15-39-32-27(35)25-19-7-3-4-8-20(19)28(36)34(26(25)21-12-11-17(29)13-22(21)30)24-10-6-5-9-23(24)33-41(2,37)38/h3-4,7-8,11-14,23-26,33H,5-6,9-10,15H2,1-2H3,(H,32,35)/t23-,24-,25+,26-/m0/s1. The average molecular weight is 638 g/mol. The van der Waals surface area contributed by atoms with Crippen LogP contribution in [0.5, 0.6) is 0 Å². The van der Waals surface area contributed by atoms with E-state index in [1.54, 1.807) is 53.6 Å². The lowest BCUT2D eigenvalue weighted by atomic mass is 9.76. The van der Waals surface area contributed by atoms with Crippen LogP contribution in [0, 0.1) is 6.92 Å². The molecule has 2 aliphatic rings. The summed E-state index contributed by atoms with van der Waals surface area (Å²) < 4.78 is 27.4. The molecule has 2 N–H and O–H groups in total. The van der Waals surface area contributed by atoms with Gasteiger partial charge in [0.15, 0.2) is 0 Å². The van der Waals surface area contributed by atoms with Crippen molar-refractivity contribution >= 4 is 56.4 Å². The largest absolute Gasteiger partial charge is 0.326 e. The number of benzene rings is 2. The van der Waals surface area contributed by atoms with Crippen LogP contribution in [0.1, 0.15) is 69.0 Å². The number of aromatic nitrogens is 1. The number of hydroxylamine groups is 1. The Balaban J connectivity index is 1.60. The minimum absolute atomic E-state index is 0.129. The van der Waals surface area contributed by atoms with Gasteiger partial charge >= 0.3 is 0 Å². The van der Waals surface area contributed by atoms with Crippen molar-refractivity contribution in [1.82, 2.24) is 20.1 Å². The Bertz CT molecular complexity index is 1560. The maximum atomic E-state index is 14.3. The van der Waals surface area contributed by atoms with Gasteiger partial charge in [0.25, 0.3) is 11.8 Å². The van der Waals surface area contributed by atoms with Crippen molar-refractivity contribution < 1.29 is 22.8 Å². The summed E-state index contributed by atoms with van der Waals surface area (Å²) in [4.78, 5) is 40.6. The monoisotopic (exact) mass is 636 g/mol. The van der Waals surface area contributed by atoms with Gasteiger partial charge in [0.05, 0.1) is 28.1 Å². The van der Waals surface area contributed by atoms with Crippen LogP contribution in [0.2, 0.25) is 10.0 Å². The Labute approximate surface area is 253 Å². The predicted molar refractivity (Wildman–Crippen MR) is 158 cm³/mol. The highest BCUT2D eigenvalue weighted by atomic mass is 35.5. The van der Waals surface area contributed by atoms with Gasteiger partial charge in [0, 0.05) is 33.9 Å². The smallest absolute Gasteiger partial charge is 0.255 e. The van der Waals surface area contributed by atoms with Crippen LogP contribution in [-0.4, -0.2) is 48.5 Å². The van der Waals surface area contributed by atoms with Gasteiger partial charge in [-0.2, -0.15) is 0 Å². The van der Waals surface area contributed by atoms with Crippen LogP contribution < -0.4 is 10.2 Å². The summed E-state index contributed by atoms with van der Waals surface area (Å²) in [7, 11) is -3.57. The molecule has 218 valence electrons. The van der Waals surface area contributed by atoms with E-state index in [1.807, 2.05) is 6.92 Å². The molecule has 4 atom stereocenters. The molecule has 2 amide bonds. The molecule has 5 rings (SSSR count). The highest BCUT2D eigenvalue weighted by molar-refractivity contribution is 7.88. The summed E-state index contributed by atoms with van der Waals surface area (Å²) in [6.45, 7) is 2.01. The number of amides is 2. The number of hydrogen-bond acceptors (Lipinski definition) is 7. The molecule has 13 heteroatoms. The van der Waals surface area contributed by atoms with Crippen LogP contribution in [0.3, 0.4) is 0 Å². The third-order valence-electron chi connectivity index (χ3n) is 7.45. The van der Waals surface area contributed by atoms with Gasteiger partial charge in [-0.05, 0) is 49.1 Å². The van der Waals surface area contributed by atoms with Gasteiger partial charge in [-0.15, -0.1) is 11.3 Å². The molecule has 1 aliphatic carbocycles. The molecule has 1 aromatic heterocycles. The molecule has 1 saturated carbocycles. The van der Waals surface area contributed by atoms with E-state index < -0.39 is 40.0 Å². The molecule has 2 heterocycles. The minimum atomic E-state index is -3.57. The molecular weight excluding hydrogens is 607 g/mol. The van der Waals surface area contributed by atoms with Gasteiger partial charge in [-0.3, -0.25) is 14.4 Å². The molecule has 1 aliphatic heterocycles. The summed E-state index contributed by atoms with van der Waals surface area (Å²) in [5.41, 5.74) is 4.02. The Morgan fingerprint density at radius 1 is 1.15 bits per heavy atom. The number of halogens is 2. The Hall–Kier alpha value is -2.54. The Morgan fingerprint density at radius 2 is 1.90 bits per heavy atom. The van der Waals surface area contributed by atoms with Gasteiger partial charge < -0.3 is 4.90 Å². The third kappa shape index (κ3) is 6.60. The molecule has 9 nitrogen and oxygen atoms in total. The van der Waals surface area contributed by atoms with Crippen molar-refractivity contribution in [2.45, 2.75) is 63.3 Å². The van der Waals surface area contributed by atoms with Gasteiger partial charge in [0.1, 0.15) is 6.61 Å². The third-order valence-corrected chi connectivity index (χ3v) is 9.63. The zero-order chi connectivity index (χ0) is 29.3. The SMILES string of the molecule is Cc1ncc(CONC(=O)[C@@H]2c3ccccc3C(=O)N([C@H]3CCCC[C@@H]3NS(C)(=O)=O)[C@H]2c2ccc(Cl)cc2Cl)s1. The summed E-state index contributed by atoms with van der Waals surface area (Å²) in [5, 5.41) is 1.58. The van der Waals surface area contributed by atoms with E-state index in [0.29, 0.717) is 39.6 Å². The van der Waals surface area contributed by atoms with Gasteiger partial charge in [-0.1, -0.05) is 60.3 Å². The van der Waals surface area contributed by atoms with Crippen molar-refractivity contribution in [3.63, 3.8) is 0 Å². The number of sulfonamides is 1. The highest BCUT2D eigenvalue weighted by Gasteiger charge is 2.49. The van der Waals surface area contributed by atoms with Crippen LogP contribution in [0.15, 0.2) is 48.7 Å². The zero-order valence-corrected chi connectivity index (χ0v) is 25.6. The molecule has 3 aromatic rings. The molecule has 0 saturated heterocycles. The second-order valence-corrected chi connectivity index (χ2v) is 14.3. The normalized spacial score (nSPS) is 22.8. The first-order valence-corrected chi connectivity index (χ1v) is 16.7. The zero-order valence-electron chi connectivity index (χ0n) is 22.5. The fourth-order valence-corrected chi connectivity index (χ4v) is 7.90. The van der Waals surface area contributed by atoms with Gasteiger partial charge in [0.2, 0.25) is 10.0 Å². The molecule has 1 fully saturated rings. The lowest BCUT2D eigenvalue weighted by Gasteiger charge is -2.49. The van der Waals surface area contributed by atoms with Crippen molar-refractivity contribution in [3.8, 4) is 0 Å². The van der Waals surface area contributed by atoms with E-state index in [9.17, 15) is 18.0 Å². The molecule has 0 spiro atoms. The number of fused-ring (bicyclic) bond motifs is 1. The first-order chi connectivity index (χ1) is 19.5. The number of rotatable bonds is 8. The second kappa shape index (κ2) is 12.4. The van der Waals surface area contributed by atoms with E-state index in [4.69, 9.17) is 28.0 Å². The quantitative estimate of drug-likeness (QED) is 0.330. The molecule has 0 bridgehead atoms. The summed E-state index contributed by atoms with van der Waals surface area (Å²) in [6.07, 6.45) is 5.52. The summed E-state index contributed by atoms with van der Waals surface area (Å²) in [5.74, 6) is -1.67. The van der Waals surface area contributed by atoms with E-state index >= 15 is 0 Å². The van der Waals surface area contributed by atoms with E-state index in [-0.39, 0.29) is 12.5 Å². The van der Waals surface area contributed by atoms with E-state index in [0.717, 1.165) is 29.0 Å². The van der Waals surface area contributed by atoms with Crippen LogP contribution in [0.4, 0.5) is 0 Å². The minimum Gasteiger partial charge on any atom is -0.326 e. The van der Waals surface area contributed by atoms with Crippen molar-refractivity contribution in [3.05, 3.63) is 85.3 Å². The summed E-state index contributed by atoms with van der Waals surface area (Å²) in [6, 6.07) is 10.0. The van der Waals surface area contributed by atoms with Gasteiger partial charge in [-0.25, -0.2) is 23.6 Å². The summed E-state index contributed by atoms with van der Waals surface area (Å²) >= 11 is 14.4. The topological polar surface area (TPSA) is 118 Å². The van der Waals surface area contributed by atoms with Crippen LogP contribution >= 0.6 is 34.5 Å². The van der Waals surface area contributed by atoms with Crippen molar-refractivity contribution in [1.29, 1.82) is 0 Å². The maximum absolute atomic E-state index is 14.3. The van der Waals surface area contributed by atoms with Crippen molar-refractivity contribution in [2.24, 2.45) is 0 Å². The lowest BCUT2D eigenvalue weighted by molar-refractivity contribution is -0.138. The highest BCUT2D eigenvalue weighted by Crippen LogP contribution is 2.47. The second-order valence-electron chi connectivity index (χ2n) is 10.3. The number of hydrogen-bond donors (Lipinski definition) is 2.